The summed E-state index contributed by atoms with van der Waals surface area (Å²) in [6.45, 7) is 4.65. The predicted molar refractivity (Wildman–Crippen MR) is 70.0 cm³/mol. The molecule has 0 spiro atoms. The van der Waals surface area contributed by atoms with Gasteiger partial charge < -0.3 is 15.6 Å². The maximum Gasteiger partial charge on any atom is 0.287 e. The first-order valence-corrected chi connectivity index (χ1v) is 6.32. The highest BCUT2D eigenvalue weighted by Crippen LogP contribution is 2.26. The van der Waals surface area contributed by atoms with E-state index < -0.39 is 4.92 Å². The molecular weight excluding hydrogens is 248 g/mol. The number of H-pyrrole nitrogens is 1. The number of piperidine rings is 1. The third-order valence-electron chi connectivity index (χ3n) is 3.61. The second-order valence-corrected chi connectivity index (χ2v) is 5.27. The van der Waals surface area contributed by atoms with Gasteiger partial charge in [0, 0.05) is 12.6 Å². The van der Waals surface area contributed by atoms with Gasteiger partial charge in [-0.05, 0) is 31.3 Å². The Morgan fingerprint density at radius 2 is 2.21 bits per heavy atom. The number of aromatic amines is 1. The zero-order valence-corrected chi connectivity index (χ0v) is 10.9. The lowest BCUT2D eigenvalue weighted by molar-refractivity contribution is -0.384. The van der Waals surface area contributed by atoms with E-state index in [2.05, 4.69) is 22.5 Å². The Balaban J connectivity index is 1.91. The Labute approximate surface area is 110 Å². The van der Waals surface area contributed by atoms with E-state index in [-0.39, 0.29) is 22.7 Å². The molecule has 2 rings (SSSR count). The van der Waals surface area contributed by atoms with Crippen LogP contribution in [0, 0.1) is 15.5 Å². The summed E-state index contributed by atoms with van der Waals surface area (Å²) in [4.78, 5) is 24.5. The van der Waals surface area contributed by atoms with Crippen molar-refractivity contribution in [2.45, 2.75) is 19.8 Å². The van der Waals surface area contributed by atoms with Crippen LogP contribution in [0.25, 0.3) is 0 Å². The molecule has 19 heavy (non-hydrogen) atoms. The molecule has 3 N–H and O–H groups in total. The fourth-order valence-corrected chi connectivity index (χ4v) is 2.22. The first kappa shape index (κ1) is 13.5. The third kappa shape index (κ3) is 3.31. The van der Waals surface area contributed by atoms with Crippen molar-refractivity contribution in [2.24, 2.45) is 5.41 Å². The third-order valence-corrected chi connectivity index (χ3v) is 3.61. The molecule has 2 heterocycles. The molecule has 1 aliphatic heterocycles. The lowest BCUT2D eigenvalue weighted by Crippen LogP contribution is -2.42. The second-order valence-electron chi connectivity index (χ2n) is 5.27. The van der Waals surface area contributed by atoms with Crippen molar-refractivity contribution in [1.82, 2.24) is 15.6 Å². The number of rotatable bonds is 4. The fraction of sp³-hybridized carbons (Fsp3) is 0.583. The van der Waals surface area contributed by atoms with Crippen LogP contribution in [0.3, 0.4) is 0 Å². The zero-order valence-electron chi connectivity index (χ0n) is 10.9. The average molecular weight is 266 g/mol. The van der Waals surface area contributed by atoms with Crippen molar-refractivity contribution in [1.29, 1.82) is 0 Å². The number of nitrogens with zero attached hydrogens (tertiary/aromatic N) is 1. The van der Waals surface area contributed by atoms with Gasteiger partial charge >= 0.3 is 0 Å². The maximum absolute atomic E-state index is 11.9. The van der Waals surface area contributed by atoms with Crippen LogP contribution in [-0.4, -0.2) is 35.4 Å². The molecule has 1 aliphatic rings. The van der Waals surface area contributed by atoms with Gasteiger partial charge in [-0.2, -0.15) is 0 Å². The standard InChI is InChI=1S/C12H18N4O3/c1-12(2-4-13-5-3-12)8-15-11(17)10-6-9(7-14-10)16(18)19/h6-7,13-14H,2-5,8H2,1H3,(H,15,17). The van der Waals surface area contributed by atoms with Gasteiger partial charge in [0.05, 0.1) is 11.1 Å². The Morgan fingerprint density at radius 1 is 1.53 bits per heavy atom. The van der Waals surface area contributed by atoms with Crippen LogP contribution in [0.4, 0.5) is 5.69 Å². The molecule has 1 amide bonds. The highest BCUT2D eigenvalue weighted by molar-refractivity contribution is 5.93. The van der Waals surface area contributed by atoms with Gasteiger partial charge in [0.25, 0.3) is 11.6 Å². The van der Waals surface area contributed by atoms with Crippen LogP contribution in [0.2, 0.25) is 0 Å². The summed E-state index contributed by atoms with van der Waals surface area (Å²) in [6, 6.07) is 1.25. The SMILES string of the molecule is CC1(CNC(=O)c2cc([N+](=O)[O-])c[nH]2)CCNCC1. The number of hydrogen-bond acceptors (Lipinski definition) is 4. The maximum atomic E-state index is 11.9. The molecular formula is C12H18N4O3. The van der Waals surface area contributed by atoms with E-state index in [1.54, 1.807) is 0 Å². The molecule has 0 saturated carbocycles. The normalized spacial score (nSPS) is 17.9. The Hall–Kier alpha value is -1.89. The van der Waals surface area contributed by atoms with E-state index in [0.717, 1.165) is 25.9 Å². The van der Waals surface area contributed by atoms with Crippen molar-refractivity contribution < 1.29 is 9.72 Å². The topological polar surface area (TPSA) is 100 Å². The van der Waals surface area contributed by atoms with Gasteiger partial charge in [-0.15, -0.1) is 0 Å². The minimum Gasteiger partial charge on any atom is -0.351 e. The molecule has 1 aromatic heterocycles. The summed E-state index contributed by atoms with van der Waals surface area (Å²) >= 11 is 0. The smallest absolute Gasteiger partial charge is 0.287 e. The summed E-state index contributed by atoms with van der Waals surface area (Å²) in [5.41, 5.74) is 0.224. The number of carbonyl (C=O) groups is 1. The van der Waals surface area contributed by atoms with E-state index in [4.69, 9.17) is 0 Å². The summed E-state index contributed by atoms with van der Waals surface area (Å²) in [5.74, 6) is -0.298. The van der Waals surface area contributed by atoms with Crippen LogP contribution in [0.15, 0.2) is 12.3 Å². The van der Waals surface area contributed by atoms with E-state index in [0.29, 0.717) is 6.54 Å². The van der Waals surface area contributed by atoms with E-state index in [1.807, 2.05) is 0 Å². The van der Waals surface area contributed by atoms with Crippen molar-refractivity contribution in [3.05, 3.63) is 28.1 Å². The Kier molecular flexibility index (Phi) is 3.84. The van der Waals surface area contributed by atoms with Gasteiger partial charge in [0.1, 0.15) is 5.69 Å². The molecule has 0 radical (unpaired) electrons. The molecule has 1 fully saturated rings. The van der Waals surface area contributed by atoms with Crippen LogP contribution in [-0.2, 0) is 0 Å². The van der Waals surface area contributed by atoms with Crippen LogP contribution in [0.1, 0.15) is 30.3 Å². The number of carbonyl (C=O) groups excluding carboxylic acids is 1. The van der Waals surface area contributed by atoms with Gasteiger partial charge in [0.2, 0.25) is 0 Å². The van der Waals surface area contributed by atoms with Crippen molar-refractivity contribution >= 4 is 11.6 Å². The molecule has 0 aliphatic carbocycles. The van der Waals surface area contributed by atoms with E-state index in [1.165, 1.54) is 12.3 Å². The lowest BCUT2D eigenvalue weighted by atomic mass is 9.81. The lowest BCUT2D eigenvalue weighted by Gasteiger charge is -2.34. The van der Waals surface area contributed by atoms with Crippen LogP contribution >= 0.6 is 0 Å². The quantitative estimate of drug-likeness (QED) is 0.560. The van der Waals surface area contributed by atoms with Crippen molar-refractivity contribution in [3.8, 4) is 0 Å². The molecule has 0 atom stereocenters. The molecule has 0 unspecified atom stereocenters. The average Bonchev–Trinajstić information content (AvgIpc) is 2.87. The molecule has 0 aromatic carbocycles. The molecule has 7 nitrogen and oxygen atoms in total. The fourth-order valence-electron chi connectivity index (χ4n) is 2.22. The van der Waals surface area contributed by atoms with E-state index >= 15 is 0 Å². The number of nitro groups is 1. The molecule has 7 heteroatoms. The zero-order chi connectivity index (χ0) is 13.9. The largest absolute Gasteiger partial charge is 0.351 e. The van der Waals surface area contributed by atoms with Crippen LogP contribution < -0.4 is 10.6 Å². The minimum absolute atomic E-state index is 0.0967. The highest BCUT2D eigenvalue weighted by atomic mass is 16.6. The highest BCUT2D eigenvalue weighted by Gasteiger charge is 2.27. The number of amides is 1. The Morgan fingerprint density at radius 3 is 2.79 bits per heavy atom. The van der Waals surface area contributed by atoms with Gasteiger partial charge in [-0.1, -0.05) is 6.92 Å². The first-order chi connectivity index (χ1) is 9.00. The minimum atomic E-state index is -0.526. The summed E-state index contributed by atoms with van der Waals surface area (Å²) in [7, 11) is 0. The first-order valence-electron chi connectivity index (χ1n) is 6.32. The number of nitrogens with one attached hydrogen (secondary N) is 3. The second kappa shape index (κ2) is 5.40. The van der Waals surface area contributed by atoms with Crippen molar-refractivity contribution in [3.63, 3.8) is 0 Å². The summed E-state index contributed by atoms with van der Waals surface area (Å²) < 4.78 is 0. The van der Waals surface area contributed by atoms with Gasteiger partial charge in [-0.25, -0.2) is 0 Å². The molecule has 104 valence electrons. The number of aromatic nitrogens is 1. The predicted octanol–water partition coefficient (Wildman–Crippen LogP) is 1.04. The monoisotopic (exact) mass is 266 g/mol. The van der Waals surface area contributed by atoms with Gasteiger partial charge in [-0.3, -0.25) is 14.9 Å². The molecule has 1 saturated heterocycles. The van der Waals surface area contributed by atoms with Gasteiger partial charge in [0.15, 0.2) is 0 Å². The molecule has 1 aromatic rings. The number of hydrogen-bond donors (Lipinski definition) is 3. The summed E-state index contributed by atoms with van der Waals surface area (Å²) in [6.07, 6.45) is 3.25. The van der Waals surface area contributed by atoms with E-state index in [9.17, 15) is 14.9 Å². The van der Waals surface area contributed by atoms with Crippen LogP contribution in [0.5, 0.6) is 0 Å². The summed E-state index contributed by atoms with van der Waals surface area (Å²) in [5, 5.41) is 16.7. The molecule has 0 bridgehead atoms. The van der Waals surface area contributed by atoms with Crippen molar-refractivity contribution in [2.75, 3.05) is 19.6 Å². The Bertz CT molecular complexity index is 477.